The second-order valence-corrected chi connectivity index (χ2v) is 8.07. The minimum Gasteiger partial charge on any atom is -0.399 e. The number of piperidine rings is 1. The van der Waals surface area contributed by atoms with Gasteiger partial charge in [-0.05, 0) is 36.0 Å². The Morgan fingerprint density at radius 3 is 2.74 bits per heavy atom. The van der Waals surface area contributed by atoms with Crippen LogP contribution in [0.15, 0.2) is 24.3 Å². The van der Waals surface area contributed by atoms with Crippen molar-refractivity contribution in [3.05, 3.63) is 29.8 Å². The van der Waals surface area contributed by atoms with Crippen LogP contribution in [0.4, 0.5) is 5.69 Å². The van der Waals surface area contributed by atoms with Crippen molar-refractivity contribution in [3.63, 3.8) is 0 Å². The van der Waals surface area contributed by atoms with Gasteiger partial charge in [0.15, 0.2) is 0 Å². The van der Waals surface area contributed by atoms with E-state index in [0.29, 0.717) is 18.8 Å². The van der Waals surface area contributed by atoms with Gasteiger partial charge >= 0.3 is 0 Å². The van der Waals surface area contributed by atoms with Crippen molar-refractivity contribution in [2.75, 3.05) is 18.8 Å². The first-order valence-electron chi connectivity index (χ1n) is 6.61. The lowest BCUT2D eigenvalue weighted by atomic mass is 9.85. The molecule has 0 amide bonds. The molecule has 0 radical (unpaired) electrons. The Bertz CT molecular complexity index is 552. The molecule has 0 aliphatic carbocycles. The summed E-state index contributed by atoms with van der Waals surface area (Å²) in [4.78, 5) is 0. The Labute approximate surface area is 115 Å². The molecule has 1 aliphatic rings. The van der Waals surface area contributed by atoms with E-state index in [0.717, 1.165) is 18.4 Å². The lowest BCUT2D eigenvalue weighted by molar-refractivity contribution is 0.187. The largest absolute Gasteiger partial charge is 0.399 e. The zero-order valence-electron chi connectivity index (χ0n) is 11.6. The highest BCUT2D eigenvalue weighted by molar-refractivity contribution is 7.88. The van der Waals surface area contributed by atoms with E-state index in [-0.39, 0.29) is 11.2 Å². The number of sulfonamides is 1. The maximum atomic E-state index is 12.4. The van der Waals surface area contributed by atoms with Crippen molar-refractivity contribution >= 4 is 15.7 Å². The first-order valence-corrected chi connectivity index (χ1v) is 8.22. The van der Waals surface area contributed by atoms with Gasteiger partial charge in [-0.1, -0.05) is 26.0 Å². The number of nitrogen functional groups attached to an aromatic ring is 1. The SMILES string of the molecule is CC1(C)CCCN(S(=O)(=O)Cc2cccc(N)c2)C1. The average Bonchev–Trinajstić information content (AvgIpc) is 2.27. The van der Waals surface area contributed by atoms with Crippen LogP contribution in [0.1, 0.15) is 32.3 Å². The molecule has 1 fully saturated rings. The van der Waals surface area contributed by atoms with Gasteiger partial charge in [0.2, 0.25) is 10.0 Å². The summed E-state index contributed by atoms with van der Waals surface area (Å²) in [5.41, 5.74) is 7.12. The van der Waals surface area contributed by atoms with E-state index in [4.69, 9.17) is 5.73 Å². The summed E-state index contributed by atoms with van der Waals surface area (Å²) in [6.07, 6.45) is 2.01. The smallest absolute Gasteiger partial charge is 0.218 e. The highest BCUT2D eigenvalue weighted by atomic mass is 32.2. The van der Waals surface area contributed by atoms with Gasteiger partial charge in [0, 0.05) is 18.8 Å². The number of hydrogen-bond acceptors (Lipinski definition) is 3. The molecule has 5 heteroatoms. The fourth-order valence-corrected chi connectivity index (χ4v) is 4.33. The molecule has 1 heterocycles. The maximum absolute atomic E-state index is 12.4. The van der Waals surface area contributed by atoms with Gasteiger partial charge < -0.3 is 5.73 Å². The van der Waals surface area contributed by atoms with E-state index < -0.39 is 10.0 Å². The zero-order valence-corrected chi connectivity index (χ0v) is 12.4. The van der Waals surface area contributed by atoms with Crippen LogP contribution in [0.5, 0.6) is 0 Å². The standard InChI is InChI=1S/C14H22N2O2S/c1-14(2)7-4-8-16(11-14)19(17,18)10-12-5-3-6-13(15)9-12/h3,5-6,9H,4,7-8,10-11,15H2,1-2H3. The molecule has 0 bridgehead atoms. The third kappa shape index (κ3) is 3.70. The van der Waals surface area contributed by atoms with Gasteiger partial charge in [-0.15, -0.1) is 0 Å². The number of hydrogen-bond donors (Lipinski definition) is 1. The predicted octanol–water partition coefficient (Wildman–Crippen LogP) is 2.22. The molecule has 2 N–H and O–H groups in total. The second kappa shape index (κ2) is 5.13. The first-order chi connectivity index (χ1) is 8.78. The fraction of sp³-hybridized carbons (Fsp3) is 0.571. The van der Waals surface area contributed by atoms with Gasteiger partial charge in [0.1, 0.15) is 0 Å². The summed E-state index contributed by atoms with van der Waals surface area (Å²) in [6.45, 7) is 5.48. The molecule has 1 aromatic rings. The van der Waals surface area contributed by atoms with E-state index in [1.54, 1.807) is 22.5 Å². The van der Waals surface area contributed by atoms with Crippen molar-refractivity contribution in [1.29, 1.82) is 0 Å². The summed E-state index contributed by atoms with van der Waals surface area (Å²) in [5, 5.41) is 0. The number of nitrogens with zero attached hydrogens (tertiary/aromatic N) is 1. The lowest BCUT2D eigenvalue weighted by Gasteiger charge is -2.37. The summed E-state index contributed by atoms with van der Waals surface area (Å²) in [7, 11) is -3.25. The van der Waals surface area contributed by atoms with Crippen molar-refractivity contribution in [2.45, 2.75) is 32.4 Å². The van der Waals surface area contributed by atoms with E-state index in [1.165, 1.54) is 0 Å². The normalized spacial score (nSPS) is 20.3. The summed E-state index contributed by atoms with van der Waals surface area (Å²) in [5.74, 6) is 0.0358. The monoisotopic (exact) mass is 282 g/mol. The summed E-state index contributed by atoms with van der Waals surface area (Å²) in [6, 6.07) is 7.09. The molecule has 19 heavy (non-hydrogen) atoms. The van der Waals surface area contributed by atoms with Crippen molar-refractivity contribution < 1.29 is 8.42 Å². The quantitative estimate of drug-likeness (QED) is 0.865. The van der Waals surface area contributed by atoms with Crippen LogP contribution in [-0.4, -0.2) is 25.8 Å². The molecule has 4 nitrogen and oxygen atoms in total. The van der Waals surface area contributed by atoms with Gasteiger partial charge in [-0.2, -0.15) is 0 Å². The molecule has 0 atom stereocenters. The van der Waals surface area contributed by atoms with Crippen LogP contribution in [-0.2, 0) is 15.8 Å². The molecule has 106 valence electrons. The van der Waals surface area contributed by atoms with Crippen LogP contribution in [0.3, 0.4) is 0 Å². The van der Waals surface area contributed by atoms with Gasteiger partial charge in [-0.25, -0.2) is 12.7 Å². The number of rotatable bonds is 3. The third-order valence-corrected chi connectivity index (χ3v) is 5.36. The van der Waals surface area contributed by atoms with E-state index >= 15 is 0 Å². The predicted molar refractivity (Wildman–Crippen MR) is 78.1 cm³/mol. The Kier molecular flexibility index (Phi) is 3.87. The molecule has 0 spiro atoms. The number of nitrogens with two attached hydrogens (primary N) is 1. The Balaban J connectivity index is 2.14. The molecule has 1 aromatic carbocycles. The van der Waals surface area contributed by atoms with Gasteiger partial charge in [-0.3, -0.25) is 0 Å². The maximum Gasteiger partial charge on any atom is 0.218 e. The molecular weight excluding hydrogens is 260 g/mol. The third-order valence-electron chi connectivity index (χ3n) is 3.56. The van der Waals surface area contributed by atoms with Gasteiger partial charge in [0.05, 0.1) is 5.75 Å². The Morgan fingerprint density at radius 1 is 1.37 bits per heavy atom. The molecule has 0 saturated carbocycles. The van der Waals surface area contributed by atoms with Crippen LogP contribution < -0.4 is 5.73 Å². The molecule has 1 saturated heterocycles. The van der Waals surface area contributed by atoms with E-state index in [1.807, 2.05) is 6.07 Å². The number of anilines is 1. The Morgan fingerprint density at radius 2 is 2.11 bits per heavy atom. The zero-order chi connectivity index (χ0) is 14.1. The molecule has 1 aliphatic heterocycles. The van der Waals surface area contributed by atoms with Crippen molar-refractivity contribution in [3.8, 4) is 0 Å². The summed E-state index contributed by atoms with van der Waals surface area (Å²) < 4.78 is 26.5. The van der Waals surface area contributed by atoms with Gasteiger partial charge in [0.25, 0.3) is 0 Å². The number of benzene rings is 1. The second-order valence-electron chi connectivity index (χ2n) is 6.10. The first kappa shape index (κ1) is 14.3. The average molecular weight is 282 g/mol. The van der Waals surface area contributed by atoms with Crippen LogP contribution in [0.25, 0.3) is 0 Å². The molecule has 0 unspecified atom stereocenters. The fourth-order valence-electron chi connectivity index (χ4n) is 2.59. The van der Waals surface area contributed by atoms with Crippen LogP contribution in [0.2, 0.25) is 0 Å². The highest BCUT2D eigenvalue weighted by Crippen LogP contribution is 2.30. The van der Waals surface area contributed by atoms with E-state index in [9.17, 15) is 8.42 Å². The molecule has 0 aromatic heterocycles. The minimum absolute atomic E-state index is 0.0358. The molecule has 2 rings (SSSR count). The van der Waals surface area contributed by atoms with Crippen molar-refractivity contribution in [1.82, 2.24) is 4.31 Å². The van der Waals surface area contributed by atoms with Crippen molar-refractivity contribution in [2.24, 2.45) is 5.41 Å². The highest BCUT2D eigenvalue weighted by Gasteiger charge is 2.33. The van der Waals surface area contributed by atoms with E-state index in [2.05, 4.69) is 13.8 Å². The molecular formula is C14H22N2O2S. The van der Waals surface area contributed by atoms with Crippen LogP contribution in [0, 0.1) is 5.41 Å². The lowest BCUT2D eigenvalue weighted by Crippen LogP contribution is -2.43. The minimum atomic E-state index is -3.25. The Hall–Kier alpha value is -1.07. The topological polar surface area (TPSA) is 63.4 Å². The van der Waals surface area contributed by atoms with Crippen LogP contribution >= 0.6 is 0 Å². The summed E-state index contributed by atoms with van der Waals surface area (Å²) >= 11 is 0.